The predicted octanol–water partition coefficient (Wildman–Crippen LogP) is 2.23. The van der Waals surface area contributed by atoms with Crippen LogP contribution in [0.15, 0.2) is 12.1 Å². The van der Waals surface area contributed by atoms with Gasteiger partial charge in [0.15, 0.2) is 11.6 Å². The van der Waals surface area contributed by atoms with Crippen molar-refractivity contribution in [2.24, 2.45) is 11.7 Å². The molecule has 0 spiro atoms. The average Bonchev–Trinajstić information content (AvgIpc) is 3.04. The molecular formula is C11H12ClFN2O. The number of phenolic OH excluding ortho intramolecular Hbond substituents is 1. The largest absolute Gasteiger partial charge is 0.505 e. The minimum atomic E-state index is -0.722. The molecular weight excluding hydrogens is 231 g/mol. The first-order valence-electron chi connectivity index (χ1n) is 4.82. The molecule has 1 fully saturated rings. The number of phenols is 1. The van der Waals surface area contributed by atoms with Gasteiger partial charge in [0.1, 0.15) is 0 Å². The molecule has 0 radical (unpaired) electrons. The second-order valence-corrected chi connectivity index (χ2v) is 3.83. The molecule has 0 saturated heterocycles. The van der Waals surface area contributed by atoms with Gasteiger partial charge in [-0.1, -0.05) is 0 Å². The summed E-state index contributed by atoms with van der Waals surface area (Å²) in [4.78, 5) is 0. The molecule has 0 heterocycles. The van der Waals surface area contributed by atoms with Crippen molar-refractivity contribution in [3.05, 3.63) is 29.1 Å². The number of nitrogens with zero attached hydrogens (tertiary/aromatic N) is 1. The molecule has 1 atom stereocenters. The molecule has 16 heavy (non-hydrogen) atoms. The van der Waals surface area contributed by atoms with Gasteiger partial charge in [-0.2, -0.15) is 5.26 Å². The molecule has 1 aliphatic carbocycles. The first kappa shape index (κ1) is 12.8. The van der Waals surface area contributed by atoms with Crippen LogP contribution in [0, 0.1) is 23.1 Å². The van der Waals surface area contributed by atoms with E-state index >= 15 is 0 Å². The SMILES string of the molecule is Cl.N#Cc1ccc(F)c(O)c1[C@H](N)C1CC1. The third kappa shape index (κ3) is 2.11. The molecule has 0 unspecified atom stereocenters. The Bertz CT molecular complexity index is 440. The number of hydrogen-bond donors (Lipinski definition) is 2. The lowest BCUT2D eigenvalue weighted by Gasteiger charge is -2.14. The summed E-state index contributed by atoms with van der Waals surface area (Å²) in [6.45, 7) is 0. The normalized spacial score (nSPS) is 16.1. The third-order valence-electron chi connectivity index (χ3n) is 2.75. The number of rotatable bonds is 2. The molecule has 3 N–H and O–H groups in total. The van der Waals surface area contributed by atoms with Gasteiger partial charge in [0, 0.05) is 11.6 Å². The van der Waals surface area contributed by atoms with E-state index in [-0.39, 0.29) is 29.5 Å². The lowest BCUT2D eigenvalue weighted by atomic mass is 9.97. The minimum Gasteiger partial charge on any atom is -0.505 e. The van der Waals surface area contributed by atoms with Crippen molar-refractivity contribution in [2.75, 3.05) is 0 Å². The topological polar surface area (TPSA) is 70.0 Å². The smallest absolute Gasteiger partial charge is 0.165 e. The Hall–Kier alpha value is -1.31. The summed E-state index contributed by atoms with van der Waals surface area (Å²) in [6.07, 6.45) is 1.95. The van der Waals surface area contributed by atoms with Gasteiger partial charge < -0.3 is 10.8 Å². The summed E-state index contributed by atoms with van der Waals surface area (Å²) in [5.41, 5.74) is 6.38. The van der Waals surface area contributed by atoms with E-state index in [1.54, 1.807) is 0 Å². The molecule has 2 rings (SSSR count). The van der Waals surface area contributed by atoms with Crippen molar-refractivity contribution in [1.82, 2.24) is 0 Å². The fourth-order valence-corrected chi connectivity index (χ4v) is 1.71. The summed E-state index contributed by atoms with van der Waals surface area (Å²) < 4.78 is 13.1. The van der Waals surface area contributed by atoms with E-state index in [0.29, 0.717) is 0 Å². The molecule has 5 heteroatoms. The first-order valence-corrected chi connectivity index (χ1v) is 4.82. The van der Waals surface area contributed by atoms with E-state index in [9.17, 15) is 9.50 Å². The van der Waals surface area contributed by atoms with Crippen molar-refractivity contribution in [1.29, 1.82) is 5.26 Å². The van der Waals surface area contributed by atoms with Crippen molar-refractivity contribution in [2.45, 2.75) is 18.9 Å². The van der Waals surface area contributed by atoms with Gasteiger partial charge in [0.2, 0.25) is 0 Å². The lowest BCUT2D eigenvalue weighted by Crippen LogP contribution is -2.14. The molecule has 1 aromatic carbocycles. The van der Waals surface area contributed by atoms with E-state index in [2.05, 4.69) is 0 Å². The summed E-state index contributed by atoms with van der Waals surface area (Å²) in [5.74, 6) is -0.932. The molecule has 1 aromatic rings. The summed E-state index contributed by atoms with van der Waals surface area (Å²) in [6, 6.07) is 3.92. The minimum absolute atomic E-state index is 0. The van der Waals surface area contributed by atoms with Crippen molar-refractivity contribution in [3.63, 3.8) is 0 Å². The highest BCUT2D eigenvalue weighted by atomic mass is 35.5. The predicted molar refractivity (Wildman–Crippen MR) is 59.7 cm³/mol. The van der Waals surface area contributed by atoms with Crippen LogP contribution in [0.4, 0.5) is 4.39 Å². The Morgan fingerprint density at radius 2 is 2.12 bits per heavy atom. The Balaban J connectivity index is 0.00000128. The Labute approximate surface area is 99.1 Å². The highest BCUT2D eigenvalue weighted by molar-refractivity contribution is 5.85. The maximum Gasteiger partial charge on any atom is 0.165 e. The maximum absolute atomic E-state index is 13.1. The number of nitrogens with two attached hydrogens (primary N) is 1. The zero-order valence-corrected chi connectivity index (χ0v) is 9.30. The Morgan fingerprint density at radius 3 is 2.62 bits per heavy atom. The van der Waals surface area contributed by atoms with Crippen molar-refractivity contribution < 1.29 is 9.50 Å². The third-order valence-corrected chi connectivity index (χ3v) is 2.75. The van der Waals surface area contributed by atoms with Crippen molar-refractivity contribution >= 4 is 12.4 Å². The Kier molecular flexibility index (Phi) is 3.74. The number of benzene rings is 1. The molecule has 1 saturated carbocycles. The molecule has 3 nitrogen and oxygen atoms in total. The second kappa shape index (κ2) is 4.69. The van der Waals surface area contributed by atoms with E-state index in [4.69, 9.17) is 11.0 Å². The highest BCUT2D eigenvalue weighted by Gasteiger charge is 2.33. The zero-order chi connectivity index (χ0) is 11.0. The van der Waals surface area contributed by atoms with E-state index < -0.39 is 17.6 Å². The van der Waals surface area contributed by atoms with E-state index in [0.717, 1.165) is 18.9 Å². The fraction of sp³-hybridized carbons (Fsp3) is 0.364. The van der Waals surface area contributed by atoms with E-state index in [1.807, 2.05) is 6.07 Å². The van der Waals surface area contributed by atoms with Crippen LogP contribution in [0.1, 0.15) is 30.0 Å². The number of nitriles is 1. The number of halogens is 2. The quantitative estimate of drug-likeness (QED) is 0.836. The number of hydrogen-bond acceptors (Lipinski definition) is 3. The van der Waals surface area contributed by atoms with Crippen LogP contribution in [-0.2, 0) is 0 Å². The zero-order valence-electron chi connectivity index (χ0n) is 8.48. The van der Waals surface area contributed by atoms with Gasteiger partial charge in [0.25, 0.3) is 0 Å². The van der Waals surface area contributed by atoms with Crippen LogP contribution in [0.25, 0.3) is 0 Å². The van der Waals surface area contributed by atoms with Crippen LogP contribution in [0.2, 0.25) is 0 Å². The van der Waals surface area contributed by atoms with Gasteiger partial charge in [-0.3, -0.25) is 0 Å². The van der Waals surface area contributed by atoms with E-state index in [1.165, 1.54) is 6.07 Å². The lowest BCUT2D eigenvalue weighted by molar-refractivity contribution is 0.416. The molecule has 0 bridgehead atoms. The maximum atomic E-state index is 13.1. The van der Waals surface area contributed by atoms with Crippen LogP contribution in [0.3, 0.4) is 0 Å². The summed E-state index contributed by atoms with van der Waals surface area (Å²) in [5, 5.41) is 18.4. The second-order valence-electron chi connectivity index (χ2n) is 3.83. The standard InChI is InChI=1S/C11H11FN2O.ClH/c12-8-4-3-7(5-13)9(11(8)15)10(14)6-1-2-6;/h3-4,6,10,15H,1-2,14H2;1H/t10-;/m1./s1. The molecule has 0 aliphatic heterocycles. The summed E-state index contributed by atoms with van der Waals surface area (Å²) in [7, 11) is 0. The molecule has 86 valence electrons. The van der Waals surface area contributed by atoms with Gasteiger partial charge in [-0.25, -0.2) is 4.39 Å². The van der Waals surface area contributed by atoms with Gasteiger partial charge in [-0.05, 0) is 30.9 Å². The molecule has 1 aliphatic rings. The highest BCUT2D eigenvalue weighted by Crippen LogP contribution is 2.43. The molecule has 0 amide bonds. The number of aromatic hydroxyl groups is 1. The first-order chi connectivity index (χ1) is 7.15. The van der Waals surface area contributed by atoms with Crippen molar-refractivity contribution in [3.8, 4) is 11.8 Å². The van der Waals surface area contributed by atoms with Crippen LogP contribution in [0.5, 0.6) is 5.75 Å². The fourth-order valence-electron chi connectivity index (χ4n) is 1.71. The van der Waals surface area contributed by atoms with Crippen LogP contribution < -0.4 is 5.73 Å². The van der Waals surface area contributed by atoms with Crippen LogP contribution in [-0.4, -0.2) is 5.11 Å². The van der Waals surface area contributed by atoms with Gasteiger partial charge >= 0.3 is 0 Å². The monoisotopic (exact) mass is 242 g/mol. The van der Waals surface area contributed by atoms with Gasteiger partial charge in [-0.15, -0.1) is 12.4 Å². The average molecular weight is 243 g/mol. The van der Waals surface area contributed by atoms with Crippen LogP contribution >= 0.6 is 12.4 Å². The summed E-state index contributed by atoms with van der Waals surface area (Å²) >= 11 is 0. The molecule has 0 aromatic heterocycles. The Morgan fingerprint density at radius 1 is 1.50 bits per heavy atom. The van der Waals surface area contributed by atoms with Gasteiger partial charge in [0.05, 0.1) is 11.6 Å².